The fourth-order valence-corrected chi connectivity index (χ4v) is 2.84. The molecule has 0 heterocycles. The third-order valence-corrected chi connectivity index (χ3v) is 4.81. The largest absolute Gasteiger partial charge is 0.468 e. The Balaban J connectivity index is 1.67. The van der Waals surface area contributed by atoms with Gasteiger partial charge in [0.1, 0.15) is 5.54 Å². The number of methoxy groups -OCH3 is 1. The van der Waals surface area contributed by atoms with Gasteiger partial charge in [-0.3, -0.25) is 4.79 Å². The maximum absolute atomic E-state index is 11.8. The summed E-state index contributed by atoms with van der Waals surface area (Å²) in [5.74, 6) is 0.824. The summed E-state index contributed by atoms with van der Waals surface area (Å²) < 4.78 is 4.88. The van der Waals surface area contributed by atoms with Gasteiger partial charge < -0.3 is 15.0 Å². The molecule has 2 aliphatic carbocycles. The second-order valence-electron chi connectivity index (χ2n) is 6.70. The van der Waals surface area contributed by atoms with Gasteiger partial charge in [-0.2, -0.15) is 0 Å². The van der Waals surface area contributed by atoms with E-state index in [2.05, 4.69) is 10.2 Å². The van der Waals surface area contributed by atoms with Crippen molar-refractivity contribution in [1.29, 1.82) is 0 Å². The van der Waals surface area contributed by atoms with Crippen LogP contribution >= 0.6 is 0 Å². The Labute approximate surface area is 123 Å². The van der Waals surface area contributed by atoms with E-state index < -0.39 is 5.54 Å². The molecule has 0 radical (unpaired) electrons. The second-order valence-corrected chi connectivity index (χ2v) is 6.70. The average molecular weight is 282 g/mol. The van der Waals surface area contributed by atoms with Gasteiger partial charge in [-0.1, -0.05) is 0 Å². The molecular weight excluding hydrogens is 252 g/mol. The van der Waals surface area contributed by atoms with E-state index in [4.69, 9.17) is 4.74 Å². The van der Waals surface area contributed by atoms with Crippen molar-refractivity contribution >= 4 is 5.97 Å². The van der Waals surface area contributed by atoms with Gasteiger partial charge in [0, 0.05) is 12.6 Å². The number of unbranched alkanes of at least 4 members (excludes halogenated alkanes) is 1. The predicted octanol–water partition coefficient (Wildman–Crippen LogP) is 2.18. The molecule has 0 spiro atoms. The Bertz CT molecular complexity index is 326. The van der Waals surface area contributed by atoms with Crippen molar-refractivity contribution in [2.75, 3.05) is 27.2 Å². The summed E-state index contributed by atoms with van der Waals surface area (Å²) in [6.07, 6.45) is 8.74. The van der Waals surface area contributed by atoms with Crippen LogP contribution in [0.3, 0.4) is 0 Å². The lowest BCUT2D eigenvalue weighted by atomic mass is 9.95. The molecule has 20 heavy (non-hydrogen) atoms. The molecule has 0 bridgehead atoms. The quantitative estimate of drug-likeness (QED) is 0.492. The van der Waals surface area contributed by atoms with Gasteiger partial charge in [-0.05, 0) is 71.4 Å². The van der Waals surface area contributed by atoms with Crippen molar-refractivity contribution in [3.63, 3.8) is 0 Å². The molecule has 0 aromatic carbocycles. The zero-order valence-electron chi connectivity index (χ0n) is 13.3. The molecular formula is C16H30N2O2. The Morgan fingerprint density at radius 3 is 2.50 bits per heavy atom. The van der Waals surface area contributed by atoms with E-state index in [0.717, 1.165) is 24.8 Å². The first-order valence-electron chi connectivity index (χ1n) is 8.10. The van der Waals surface area contributed by atoms with Crippen LogP contribution in [0.15, 0.2) is 0 Å². The topological polar surface area (TPSA) is 41.6 Å². The van der Waals surface area contributed by atoms with Gasteiger partial charge in [-0.15, -0.1) is 0 Å². The minimum absolute atomic E-state index is 0.156. The summed E-state index contributed by atoms with van der Waals surface area (Å²) >= 11 is 0. The summed E-state index contributed by atoms with van der Waals surface area (Å²) in [5.41, 5.74) is -0.532. The number of rotatable bonds is 10. The molecule has 1 unspecified atom stereocenters. The standard InChI is InChI=1S/C16H30N2O2/c1-16(17-2,15(19)20-3)10-4-5-11-18(14-8-9-14)12-13-6-7-13/h13-14,17H,4-12H2,1-3H3. The van der Waals surface area contributed by atoms with E-state index in [-0.39, 0.29) is 5.97 Å². The molecule has 4 nitrogen and oxygen atoms in total. The van der Waals surface area contributed by atoms with Crippen LogP contribution in [-0.2, 0) is 9.53 Å². The molecule has 0 amide bonds. The third-order valence-electron chi connectivity index (χ3n) is 4.81. The molecule has 0 saturated heterocycles. The number of hydrogen-bond donors (Lipinski definition) is 1. The highest BCUT2D eigenvalue weighted by Crippen LogP contribution is 2.35. The van der Waals surface area contributed by atoms with Gasteiger partial charge >= 0.3 is 5.97 Å². The lowest BCUT2D eigenvalue weighted by molar-refractivity contribution is -0.148. The monoisotopic (exact) mass is 282 g/mol. The lowest BCUT2D eigenvalue weighted by Crippen LogP contribution is -2.48. The molecule has 1 atom stereocenters. The first-order valence-corrected chi connectivity index (χ1v) is 8.10. The number of nitrogens with zero attached hydrogens (tertiary/aromatic N) is 1. The minimum Gasteiger partial charge on any atom is -0.468 e. The number of carbonyl (C=O) groups is 1. The normalized spacial score (nSPS) is 21.8. The number of carbonyl (C=O) groups excluding carboxylic acids is 1. The van der Waals surface area contributed by atoms with E-state index >= 15 is 0 Å². The number of hydrogen-bond acceptors (Lipinski definition) is 4. The molecule has 0 aromatic rings. The first kappa shape index (κ1) is 15.8. The highest BCUT2D eigenvalue weighted by atomic mass is 16.5. The number of ether oxygens (including phenoxy) is 1. The lowest BCUT2D eigenvalue weighted by Gasteiger charge is -2.27. The van der Waals surface area contributed by atoms with Crippen LogP contribution in [0.25, 0.3) is 0 Å². The first-order chi connectivity index (χ1) is 9.59. The molecule has 1 N–H and O–H groups in total. The highest BCUT2D eigenvalue weighted by molar-refractivity contribution is 5.80. The van der Waals surface area contributed by atoms with Crippen LogP contribution in [0, 0.1) is 5.92 Å². The molecule has 0 aliphatic heterocycles. The summed E-state index contributed by atoms with van der Waals surface area (Å²) in [5, 5.41) is 3.11. The molecule has 2 aliphatic rings. The van der Waals surface area contributed by atoms with E-state index in [1.807, 2.05) is 14.0 Å². The van der Waals surface area contributed by atoms with Gasteiger partial charge in [0.05, 0.1) is 7.11 Å². The Kier molecular flexibility index (Phi) is 5.44. The van der Waals surface area contributed by atoms with Gasteiger partial charge in [-0.25, -0.2) is 0 Å². The second kappa shape index (κ2) is 6.90. The number of likely N-dealkylation sites (N-methyl/N-ethyl adjacent to an activating group) is 1. The Hall–Kier alpha value is -0.610. The van der Waals surface area contributed by atoms with Crippen LogP contribution in [0.1, 0.15) is 51.9 Å². The minimum atomic E-state index is -0.532. The molecule has 2 fully saturated rings. The molecule has 4 heteroatoms. The Morgan fingerprint density at radius 1 is 1.30 bits per heavy atom. The van der Waals surface area contributed by atoms with Crippen molar-refractivity contribution in [2.24, 2.45) is 5.92 Å². The summed E-state index contributed by atoms with van der Waals surface area (Å²) in [4.78, 5) is 14.5. The summed E-state index contributed by atoms with van der Waals surface area (Å²) in [6.45, 7) is 4.44. The SMILES string of the molecule is CNC(C)(CCCCN(CC1CC1)C1CC1)C(=O)OC. The van der Waals surface area contributed by atoms with Gasteiger partial charge in [0.25, 0.3) is 0 Å². The van der Waals surface area contributed by atoms with Gasteiger partial charge in [0.15, 0.2) is 0 Å². The summed E-state index contributed by atoms with van der Waals surface area (Å²) in [7, 11) is 3.29. The third kappa shape index (κ3) is 4.45. The zero-order valence-corrected chi connectivity index (χ0v) is 13.3. The van der Waals surface area contributed by atoms with Crippen molar-refractivity contribution in [2.45, 2.75) is 63.5 Å². The fourth-order valence-electron chi connectivity index (χ4n) is 2.84. The Morgan fingerprint density at radius 2 is 2.00 bits per heavy atom. The van der Waals surface area contributed by atoms with Crippen molar-refractivity contribution in [3.8, 4) is 0 Å². The number of nitrogens with one attached hydrogen (secondary N) is 1. The maximum atomic E-state index is 11.8. The van der Waals surface area contributed by atoms with Crippen LogP contribution < -0.4 is 5.32 Å². The van der Waals surface area contributed by atoms with Crippen LogP contribution in [0.4, 0.5) is 0 Å². The van der Waals surface area contributed by atoms with Crippen LogP contribution in [-0.4, -0.2) is 49.7 Å². The van der Waals surface area contributed by atoms with Crippen molar-refractivity contribution < 1.29 is 9.53 Å². The molecule has 0 aromatic heterocycles. The average Bonchev–Trinajstić information content (AvgIpc) is 3.33. The van der Waals surface area contributed by atoms with E-state index in [0.29, 0.717) is 0 Å². The van der Waals surface area contributed by atoms with E-state index in [9.17, 15) is 4.79 Å². The van der Waals surface area contributed by atoms with Crippen molar-refractivity contribution in [1.82, 2.24) is 10.2 Å². The van der Waals surface area contributed by atoms with E-state index in [1.165, 1.54) is 52.3 Å². The van der Waals surface area contributed by atoms with Crippen LogP contribution in [0.2, 0.25) is 0 Å². The summed E-state index contributed by atoms with van der Waals surface area (Å²) in [6, 6.07) is 0.867. The van der Waals surface area contributed by atoms with Crippen LogP contribution in [0.5, 0.6) is 0 Å². The predicted molar refractivity (Wildman–Crippen MR) is 80.7 cm³/mol. The van der Waals surface area contributed by atoms with E-state index in [1.54, 1.807) is 0 Å². The maximum Gasteiger partial charge on any atom is 0.325 e. The molecule has 2 saturated carbocycles. The fraction of sp³-hybridized carbons (Fsp3) is 0.938. The zero-order chi connectivity index (χ0) is 14.6. The van der Waals surface area contributed by atoms with Gasteiger partial charge in [0.2, 0.25) is 0 Å². The molecule has 2 rings (SSSR count). The highest BCUT2D eigenvalue weighted by Gasteiger charge is 2.34. The van der Waals surface area contributed by atoms with Crippen molar-refractivity contribution in [3.05, 3.63) is 0 Å². The number of esters is 1. The smallest absolute Gasteiger partial charge is 0.325 e. The molecule has 116 valence electrons.